The largest absolute Gasteiger partial charge is 0.351 e. The molecule has 1 saturated heterocycles. The number of carbonyl (C=O) groups excluding carboxylic acids is 2. The van der Waals surface area contributed by atoms with Crippen molar-refractivity contribution in [2.75, 3.05) is 18.0 Å². The molecule has 0 spiro atoms. The molecule has 1 atom stereocenters. The van der Waals surface area contributed by atoms with Crippen LogP contribution < -0.4 is 10.2 Å². The molecule has 1 N–H and O–H groups in total. The Morgan fingerprint density at radius 2 is 2.00 bits per heavy atom. The van der Waals surface area contributed by atoms with E-state index in [9.17, 15) is 14.0 Å². The van der Waals surface area contributed by atoms with Gasteiger partial charge in [-0.15, -0.1) is 0 Å². The number of amides is 2. The average Bonchev–Trinajstić information content (AvgIpc) is 2.99. The number of nitrogens with zero attached hydrogens (tertiary/aromatic N) is 2. The van der Waals surface area contributed by atoms with Gasteiger partial charge in [-0.2, -0.15) is 0 Å². The fourth-order valence-electron chi connectivity index (χ4n) is 4.36. The summed E-state index contributed by atoms with van der Waals surface area (Å²) in [6.07, 6.45) is 4.27. The molecule has 2 aromatic rings. The molecule has 29 heavy (non-hydrogen) atoms. The Balaban J connectivity index is 1.59. The van der Waals surface area contributed by atoms with Crippen LogP contribution in [0.15, 0.2) is 42.5 Å². The first-order chi connectivity index (χ1) is 14.1. The van der Waals surface area contributed by atoms with Crippen LogP contribution in [0.25, 0.3) is 0 Å². The second-order valence-electron chi connectivity index (χ2n) is 7.62. The summed E-state index contributed by atoms with van der Waals surface area (Å²) >= 11 is 0. The summed E-state index contributed by atoms with van der Waals surface area (Å²) in [4.78, 5) is 29.9. The zero-order valence-electron chi connectivity index (χ0n) is 16.7. The fourth-order valence-corrected chi connectivity index (χ4v) is 4.36. The van der Waals surface area contributed by atoms with Crippen molar-refractivity contribution in [3.63, 3.8) is 0 Å². The van der Waals surface area contributed by atoms with Gasteiger partial charge in [0.1, 0.15) is 12.0 Å². The summed E-state index contributed by atoms with van der Waals surface area (Å²) in [5, 5.41) is 2.78. The standard InChI is InChI=1S/C23H26FN3O2/c1-2-26-20-14-16(22(28)25-15-17-8-5-6-9-19(17)24)11-12-18(20)23(29)27-13-7-3-4-10-21(26)27/h5-6,8-9,11-12,14,21H,2-4,7,10,13,15H2,1H3,(H,25,28)/t21-/m1/s1. The van der Waals surface area contributed by atoms with E-state index in [4.69, 9.17) is 0 Å². The van der Waals surface area contributed by atoms with Crippen molar-refractivity contribution in [3.8, 4) is 0 Å². The normalized spacial score (nSPS) is 18.7. The SMILES string of the molecule is CCN1c2cc(C(=O)NCc3ccccc3F)ccc2C(=O)N2CCCCC[C@@H]21. The van der Waals surface area contributed by atoms with Crippen LogP contribution in [0.1, 0.15) is 58.9 Å². The molecule has 0 unspecified atom stereocenters. The lowest BCUT2D eigenvalue weighted by Gasteiger charge is -2.44. The summed E-state index contributed by atoms with van der Waals surface area (Å²) < 4.78 is 13.8. The van der Waals surface area contributed by atoms with Crippen LogP contribution in [0.3, 0.4) is 0 Å². The molecule has 2 heterocycles. The Morgan fingerprint density at radius 1 is 1.17 bits per heavy atom. The van der Waals surface area contributed by atoms with Gasteiger partial charge in [0.05, 0.1) is 11.3 Å². The van der Waals surface area contributed by atoms with Gasteiger partial charge in [0.2, 0.25) is 0 Å². The number of nitrogens with one attached hydrogen (secondary N) is 1. The highest BCUT2D eigenvalue weighted by molar-refractivity contribution is 6.04. The zero-order valence-corrected chi connectivity index (χ0v) is 16.7. The van der Waals surface area contributed by atoms with E-state index in [1.807, 2.05) is 4.90 Å². The van der Waals surface area contributed by atoms with E-state index < -0.39 is 0 Å². The van der Waals surface area contributed by atoms with Crippen molar-refractivity contribution >= 4 is 17.5 Å². The summed E-state index contributed by atoms with van der Waals surface area (Å²) in [6, 6.07) is 11.6. The smallest absolute Gasteiger partial charge is 0.257 e. The van der Waals surface area contributed by atoms with Crippen LogP contribution in [0, 0.1) is 5.82 Å². The molecule has 2 aliphatic heterocycles. The third kappa shape index (κ3) is 3.71. The first-order valence-corrected chi connectivity index (χ1v) is 10.3. The lowest BCUT2D eigenvalue weighted by molar-refractivity contribution is 0.0656. The number of hydrogen-bond donors (Lipinski definition) is 1. The van der Waals surface area contributed by atoms with Crippen molar-refractivity contribution in [1.29, 1.82) is 0 Å². The van der Waals surface area contributed by atoms with Gasteiger partial charge in [0.15, 0.2) is 0 Å². The predicted octanol–water partition coefficient (Wildman–Crippen LogP) is 3.94. The van der Waals surface area contributed by atoms with Crippen LogP contribution in [-0.4, -0.2) is 36.0 Å². The van der Waals surface area contributed by atoms with Crippen molar-refractivity contribution in [1.82, 2.24) is 10.2 Å². The molecule has 5 nitrogen and oxygen atoms in total. The number of rotatable bonds is 4. The van der Waals surface area contributed by atoms with Crippen LogP contribution in [0.2, 0.25) is 0 Å². The number of benzene rings is 2. The van der Waals surface area contributed by atoms with Gasteiger partial charge >= 0.3 is 0 Å². The summed E-state index contributed by atoms with van der Waals surface area (Å²) in [5.74, 6) is -0.563. The van der Waals surface area contributed by atoms with Crippen LogP contribution >= 0.6 is 0 Å². The first kappa shape index (κ1) is 19.4. The number of hydrogen-bond acceptors (Lipinski definition) is 3. The molecule has 4 rings (SSSR count). The number of carbonyl (C=O) groups is 2. The molecule has 2 aromatic carbocycles. The van der Waals surface area contributed by atoms with Gasteiger partial charge in [0.25, 0.3) is 11.8 Å². The molecule has 6 heteroatoms. The number of anilines is 1. The van der Waals surface area contributed by atoms with Gasteiger partial charge in [0, 0.05) is 30.8 Å². The highest BCUT2D eigenvalue weighted by Crippen LogP contribution is 2.35. The highest BCUT2D eigenvalue weighted by atomic mass is 19.1. The Kier molecular flexibility index (Phi) is 5.51. The van der Waals surface area contributed by atoms with E-state index in [1.54, 1.807) is 36.4 Å². The second kappa shape index (κ2) is 8.23. The lowest BCUT2D eigenvalue weighted by atomic mass is 10.0. The maximum Gasteiger partial charge on any atom is 0.257 e. The summed E-state index contributed by atoms with van der Waals surface area (Å²) in [5.41, 5.74) is 2.39. The Hall–Kier alpha value is -2.89. The van der Waals surface area contributed by atoms with Crippen molar-refractivity contribution in [2.45, 2.75) is 45.3 Å². The first-order valence-electron chi connectivity index (χ1n) is 10.3. The summed E-state index contributed by atoms with van der Waals surface area (Å²) in [7, 11) is 0. The van der Waals surface area contributed by atoms with Crippen LogP contribution in [0.5, 0.6) is 0 Å². The minimum atomic E-state index is -0.338. The maximum absolute atomic E-state index is 13.8. The van der Waals surface area contributed by atoms with E-state index in [1.165, 1.54) is 6.07 Å². The van der Waals surface area contributed by atoms with E-state index >= 15 is 0 Å². The average molecular weight is 395 g/mol. The second-order valence-corrected chi connectivity index (χ2v) is 7.62. The van der Waals surface area contributed by atoms with Gasteiger partial charge in [-0.1, -0.05) is 24.6 Å². The Bertz CT molecular complexity index is 930. The van der Waals surface area contributed by atoms with Crippen LogP contribution in [-0.2, 0) is 6.54 Å². The molecule has 0 bridgehead atoms. The number of halogens is 1. The summed E-state index contributed by atoms with van der Waals surface area (Å²) in [6.45, 7) is 3.75. The van der Waals surface area contributed by atoms with Gasteiger partial charge in [-0.3, -0.25) is 9.59 Å². The zero-order chi connectivity index (χ0) is 20.4. The van der Waals surface area contributed by atoms with Crippen LogP contribution in [0.4, 0.5) is 10.1 Å². The quantitative estimate of drug-likeness (QED) is 0.853. The van der Waals surface area contributed by atoms with Crippen molar-refractivity contribution in [2.24, 2.45) is 0 Å². The number of fused-ring (bicyclic) bond motifs is 2. The minimum Gasteiger partial charge on any atom is -0.351 e. The Morgan fingerprint density at radius 3 is 2.79 bits per heavy atom. The van der Waals surface area contributed by atoms with Gasteiger partial charge in [-0.05, 0) is 50.5 Å². The predicted molar refractivity (Wildman–Crippen MR) is 110 cm³/mol. The molecule has 0 aromatic heterocycles. The molecular formula is C23H26FN3O2. The molecule has 2 amide bonds. The fraction of sp³-hybridized carbons (Fsp3) is 0.391. The monoisotopic (exact) mass is 395 g/mol. The van der Waals surface area contributed by atoms with E-state index in [2.05, 4.69) is 17.1 Å². The maximum atomic E-state index is 13.8. The van der Waals surface area contributed by atoms with Gasteiger partial charge < -0.3 is 15.1 Å². The molecular weight excluding hydrogens is 369 g/mol. The minimum absolute atomic E-state index is 0.0508. The lowest BCUT2D eigenvalue weighted by Crippen LogP contribution is -2.55. The molecule has 0 aliphatic carbocycles. The highest BCUT2D eigenvalue weighted by Gasteiger charge is 2.37. The molecule has 1 fully saturated rings. The molecule has 0 saturated carbocycles. The van der Waals surface area contributed by atoms with E-state index in [0.717, 1.165) is 44.5 Å². The third-order valence-electron chi connectivity index (χ3n) is 5.88. The van der Waals surface area contributed by atoms with E-state index in [0.29, 0.717) is 16.7 Å². The van der Waals surface area contributed by atoms with Gasteiger partial charge in [-0.25, -0.2) is 4.39 Å². The molecule has 0 radical (unpaired) electrons. The third-order valence-corrected chi connectivity index (χ3v) is 5.88. The van der Waals surface area contributed by atoms with E-state index in [-0.39, 0.29) is 30.3 Å². The Labute approximate surface area is 170 Å². The molecule has 2 aliphatic rings. The molecule has 152 valence electrons. The topological polar surface area (TPSA) is 52.7 Å². The van der Waals surface area contributed by atoms with Crippen molar-refractivity contribution in [3.05, 3.63) is 65.0 Å². The van der Waals surface area contributed by atoms with Crippen molar-refractivity contribution < 1.29 is 14.0 Å².